The Balaban J connectivity index is 2.12. The number of phenolic OH excluding ortho intramolecular Hbond substituents is 1. The van der Waals surface area contributed by atoms with E-state index < -0.39 is 11.2 Å². The van der Waals surface area contributed by atoms with Gasteiger partial charge in [0.2, 0.25) is 0 Å². The Bertz CT molecular complexity index is 1030. The van der Waals surface area contributed by atoms with E-state index in [1.54, 1.807) is 24.3 Å². The summed E-state index contributed by atoms with van der Waals surface area (Å²) in [5.74, 6) is -0.244. The van der Waals surface area contributed by atoms with Gasteiger partial charge in [-0.1, -0.05) is 35.3 Å². The average molecular weight is 350 g/mol. The zero-order valence-corrected chi connectivity index (χ0v) is 13.0. The van der Waals surface area contributed by atoms with Gasteiger partial charge in [-0.05, 0) is 29.8 Å². The first kappa shape index (κ1) is 15.3. The molecule has 0 saturated carbocycles. The third-order valence-electron chi connectivity index (χ3n) is 3.15. The molecule has 23 heavy (non-hydrogen) atoms. The number of benzene rings is 2. The van der Waals surface area contributed by atoms with E-state index in [1.807, 2.05) is 0 Å². The van der Waals surface area contributed by atoms with Gasteiger partial charge in [0.25, 0.3) is 5.56 Å². The van der Waals surface area contributed by atoms with Crippen LogP contribution in [-0.2, 0) is 0 Å². The molecule has 2 aromatic carbocycles. The number of aromatic nitrogens is 2. The number of H-pyrrole nitrogens is 1. The second kappa shape index (κ2) is 5.91. The van der Waals surface area contributed by atoms with Gasteiger partial charge in [-0.15, -0.1) is 4.68 Å². The molecule has 0 unspecified atom stereocenters. The number of phenols is 1. The maximum Gasteiger partial charge on any atom is 0.349 e. The number of rotatable bonds is 2. The predicted molar refractivity (Wildman–Crippen MR) is 89.9 cm³/mol. The van der Waals surface area contributed by atoms with Crippen LogP contribution in [0.25, 0.3) is 10.9 Å². The van der Waals surface area contributed by atoms with Crippen LogP contribution in [0.2, 0.25) is 10.0 Å². The van der Waals surface area contributed by atoms with E-state index in [4.69, 9.17) is 23.2 Å². The smallest absolute Gasteiger partial charge is 0.349 e. The van der Waals surface area contributed by atoms with Crippen LogP contribution in [-0.4, -0.2) is 21.0 Å². The van der Waals surface area contributed by atoms with Crippen LogP contribution in [0.4, 0.5) is 0 Å². The summed E-state index contributed by atoms with van der Waals surface area (Å²) >= 11 is 11.6. The Morgan fingerprint density at radius 2 is 1.78 bits per heavy atom. The van der Waals surface area contributed by atoms with Crippen molar-refractivity contribution in [1.82, 2.24) is 9.66 Å². The third kappa shape index (κ3) is 2.86. The molecule has 1 heterocycles. The second-order valence-corrected chi connectivity index (χ2v) is 5.48. The van der Waals surface area contributed by atoms with E-state index in [0.29, 0.717) is 21.1 Å². The number of nitrogens with zero attached hydrogens (tertiary/aromatic N) is 2. The summed E-state index contributed by atoms with van der Waals surface area (Å²) in [5, 5.41) is 13.8. The Morgan fingerprint density at radius 1 is 1.13 bits per heavy atom. The summed E-state index contributed by atoms with van der Waals surface area (Å²) < 4.78 is 0.705. The van der Waals surface area contributed by atoms with Gasteiger partial charge in [0, 0.05) is 0 Å². The lowest BCUT2D eigenvalue weighted by atomic mass is 10.2. The standard InChI is InChI=1S/C15H9Cl2N3O3/c16-10-5-8(6-11(17)13(10)21)7-18-20-14(22)9-3-1-2-4-12(9)19-15(20)23/h1-7,21H,(H,19,23). The largest absolute Gasteiger partial charge is 0.505 e. The normalized spacial score (nSPS) is 11.4. The molecule has 3 rings (SSSR count). The number of aromatic amines is 1. The highest BCUT2D eigenvalue weighted by atomic mass is 35.5. The summed E-state index contributed by atoms with van der Waals surface area (Å²) in [6, 6.07) is 9.44. The van der Waals surface area contributed by atoms with Crippen molar-refractivity contribution in [3.05, 3.63) is 72.8 Å². The van der Waals surface area contributed by atoms with Crippen LogP contribution in [0.15, 0.2) is 51.1 Å². The van der Waals surface area contributed by atoms with Crippen LogP contribution >= 0.6 is 23.2 Å². The molecule has 0 saturated heterocycles. The minimum atomic E-state index is -0.666. The topological polar surface area (TPSA) is 87.5 Å². The third-order valence-corrected chi connectivity index (χ3v) is 3.72. The second-order valence-electron chi connectivity index (χ2n) is 4.67. The van der Waals surface area contributed by atoms with Crippen molar-refractivity contribution in [2.45, 2.75) is 0 Å². The lowest BCUT2D eigenvalue weighted by Crippen LogP contribution is -2.32. The summed E-state index contributed by atoms with van der Waals surface area (Å²) in [7, 11) is 0. The zero-order chi connectivity index (χ0) is 16.6. The number of para-hydroxylation sites is 1. The maximum atomic E-state index is 12.3. The lowest BCUT2D eigenvalue weighted by molar-refractivity contribution is 0.476. The number of hydrogen-bond acceptors (Lipinski definition) is 4. The molecule has 0 fully saturated rings. The fourth-order valence-corrected chi connectivity index (χ4v) is 2.55. The molecule has 0 radical (unpaired) electrons. The molecule has 0 aliphatic rings. The molecule has 0 bridgehead atoms. The van der Waals surface area contributed by atoms with Crippen molar-refractivity contribution < 1.29 is 5.11 Å². The van der Waals surface area contributed by atoms with E-state index in [1.165, 1.54) is 18.3 Å². The molecular weight excluding hydrogens is 341 g/mol. The van der Waals surface area contributed by atoms with Gasteiger partial charge < -0.3 is 10.1 Å². The van der Waals surface area contributed by atoms with E-state index in [9.17, 15) is 14.7 Å². The number of nitrogens with one attached hydrogen (secondary N) is 1. The minimum Gasteiger partial charge on any atom is -0.505 e. The van der Waals surface area contributed by atoms with Gasteiger partial charge in [0.15, 0.2) is 5.75 Å². The molecule has 3 aromatic rings. The summed E-state index contributed by atoms with van der Waals surface area (Å²) in [4.78, 5) is 26.8. The molecule has 116 valence electrons. The molecule has 2 N–H and O–H groups in total. The monoisotopic (exact) mass is 349 g/mol. The first-order valence-corrected chi connectivity index (χ1v) is 7.19. The van der Waals surface area contributed by atoms with Gasteiger partial charge in [-0.25, -0.2) is 4.79 Å². The molecule has 0 spiro atoms. The van der Waals surface area contributed by atoms with Crippen LogP contribution in [0.3, 0.4) is 0 Å². The predicted octanol–water partition coefficient (Wildman–Crippen LogP) is 2.58. The van der Waals surface area contributed by atoms with E-state index in [2.05, 4.69) is 10.1 Å². The van der Waals surface area contributed by atoms with Crippen molar-refractivity contribution in [3.63, 3.8) is 0 Å². The summed E-state index contributed by atoms with van der Waals surface area (Å²) in [6.07, 6.45) is 1.25. The zero-order valence-electron chi connectivity index (χ0n) is 11.5. The van der Waals surface area contributed by atoms with E-state index in [0.717, 1.165) is 0 Å². The quantitative estimate of drug-likeness (QED) is 0.697. The molecule has 0 aliphatic heterocycles. The van der Waals surface area contributed by atoms with Crippen LogP contribution in [0.5, 0.6) is 5.75 Å². The van der Waals surface area contributed by atoms with Gasteiger partial charge in [0.1, 0.15) is 0 Å². The van der Waals surface area contributed by atoms with Crippen LogP contribution < -0.4 is 11.2 Å². The van der Waals surface area contributed by atoms with Crippen LogP contribution in [0.1, 0.15) is 5.56 Å². The number of aromatic hydroxyl groups is 1. The first-order valence-electron chi connectivity index (χ1n) is 6.44. The van der Waals surface area contributed by atoms with Crippen LogP contribution in [0, 0.1) is 0 Å². The first-order chi connectivity index (χ1) is 11.0. The summed E-state index contributed by atoms with van der Waals surface area (Å²) in [5.41, 5.74) is -0.348. The number of halogens is 2. The number of fused-ring (bicyclic) bond motifs is 1. The molecule has 0 amide bonds. The van der Waals surface area contributed by atoms with E-state index in [-0.39, 0.29) is 15.8 Å². The molecule has 0 aliphatic carbocycles. The molecule has 1 aromatic heterocycles. The van der Waals surface area contributed by atoms with Gasteiger partial charge >= 0.3 is 5.69 Å². The fraction of sp³-hybridized carbons (Fsp3) is 0. The highest BCUT2D eigenvalue weighted by molar-refractivity contribution is 6.37. The lowest BCUT2D eigenvalue weighted by Gasteiger charge is -2.02. The molecule has 6 nitrogen and oxygen atoms in total. The van der Waals surface area contributed by atoms with Crippen molar-refractivity contribution in [1.29, 1.82) is 0 Å². The fourth-order valence-electron chi connectivity index (χ4n) is 2.04. The Labute approximate surface area is 139 Å². The highest BCUT2D eigenvalue weighted by Crippen LogP contribution is 2.32. The average Bonchev–Trinajstić information content (AvgIpc) is 2.52. The Morgan fingerprint density at radius 3 is 2.48 bits per heavy atom. The summed E-state index contributed by atoms with van der Waals surface area (Å²) in [6.45, 7) is 0. The van der Waals surface area contributed by atoms with Crippen molar-refractivity contribution >= 4 is 40.3 Å². The van der Waals surface area contributed by atoms with Gasteiger partial charge in [-0.2, -0.15) is 5.10 Å². The van der Waals surface area contributed by atoms with Crippen molar-refractivity contribution in [2.24, 2.45) is 5.10 Å². The Hall–Kier alpha value is -2.57. The van der Waals surface area contributed by atoms with Gasteiger partial charge in [0.05, 0.1) is 27.2 Å². The minimum absolute atomic E-state index is 0.0405. The molecule has 8 heteroatoms. The Kier molecular flexibility index (Phi) is 3.94. The molecular formula is C15H9Cl2N3O3. The van der Waals surface area contributed by atoms with Crippen molar-refractivity contribution in [2.75, 3.05) is 0 Å². The maximum absolute atomic E-state index is 12.3. The van der Waals surface area contributed by atoms with E-state index >= 15 is 0 Å². The molecule has 0 atom stereocenters. The van der Waals surface area contributed by atoms with Crippen molar-refractivity contribution in [3.8, 4) is 5.75 Å². The van der Waals surface area contributed by atoms with Gasteiger partial charge in [-0.3, -0.25) is 4.79 Å². The highest BCUT2D eigenvalue weighted by Gasteiger charge is 2.07. The SMILES string of the molecule is O=c1[nH]c2ccccc2c(=O)n1N=Cc1cc(Cl)c(O)c(Cl)c1. The number of hydrogen-bond donors (Lipinski definition) is 2.